The molecule has 0 N–H and O–H groups in total. The molecule has 0 aliphatic rings. The molecule has 0 saturated heterocycles. The average Bonchev–Trinajstić information content (AvgIpc) is 2.70. The van der Waals surface area contributed by atoms with Crippen LogP contribution in [0.1, 0.15) is 34.0 Å². The lowest BCUT2D eigenvalue weighted by Crippen LogP contribution is -2.32. The molecule has 0 unspecified atom stereocenters. The standard InChI is InChI=1S/C14H21NO2S2/c1-5-15(6-2)14(17)9-18-8-13(16)12-7-10(3)19-11(12)4/h7H,5-6,8-9H2,1-4H3. The smallest absolute Gasteiger partial charge is 0.232 e. The predicted molar refractivity (Wildman–Crippen MR) is 83.4 cm³/mol. The number of carbonyl (C=O) groups excluding carboxylic acids is 2. The first kappa shape index (κ1) is 16.2. The van der Waals surface area contributed by atoms with Gasteiger partial charge in [-0.2, -0.15) is 0 Å². The van der Waals surface area contributed by atoms with Crippen LogP contribution in [-0.2, 0) is 4.79 Å². The number of rotatable bonds is 7. The number of nitrogens with zero attached hydrogens (tertiary/aromatic N) is 1. The topological polar surface area (TPSA) is 37.4 Å². The quantitative estimate of drug-likeness (QED) is 0.726. The third-order valence-electron chi connectivity index (χ3n) is 2.92. The minimum Gasteiger partial charge on any atom is -0.343 e. The Morgan fingerprint density at radius 2 is 1.84 bits per heavy atom. The molecular formula is C14H21NO2S2. The lowest BCUT2D eigenvalue weighted by Gasteiger charge is -2.17. The Morgan fingerprint density at radius 3 is 2.32 bits per heavy atom. The van der Waals surface area contributed by atoms with Gasteiger partial charge < -0.3 is 4.90 Å². The minimum absolute atomic E-state index is 0.112. The van der Waals surface area contributed by atoms with Gasteiger partial charge in [0.15, 0.2) is 5.78 Å². The lowest BCUT2D eigenvalue weighted by atomic mass is 10.2. The number of carbonyl (C=O) groups is 2. The maximum atomic E-state index is 12.0. The largest absolute Gasteiger partial charge is 0.343 e. The summed E-state index contributed by atoms with van der Waals surface area (Å²) >= 11 is 3.05. The summed E-state index contributed by atoms with van der Waals surface area (Å²) in [5.41, 5.74) is 0.810. The Labute approximate surface area is 123 Å². The molecule has 106 valence electrons. The molecule has 0 aliphatic heterocycles. The Kier molecular flexibility index (Phi) is 6.58. The van der Waals surface area contributed by atoms with Gasteiger partial charge in [-0.1, -0.05) is 0 Å². The third-order valence-corrected chi connectivity index (χ3v) is 4.80. The summed E-state index contributed by atoms with van der Waals surface area (Å²) in [4.78, 5) is 27.8. The van der Waals surface area contributed by atoms with Gasteiger partial charge in [0.05, 0.1) is 11.5 Å². The highest BCUT2D eigenvalue weighted by molar-refractivity contribution is 8.00. The van der Waals surface area contributed by atoms with Crippen LogP contribution >= 0.6 is 23.1 Å². The second kappa shape index (κ2) is 7.70. The van der Waals surface area contributed by atoms with Crippen molar-refractivity contribution in [3.63, 3.8) is 0 Å². The second-order valence-electron chi connectivity index (χ2n) is 4.31. The first-order chi connectivity index (χ1) is 8.99. The maximum Gasteiger partial charge on any atom is 0.232 e. The van der Waals surface area contributed by atoms with E-state index in [-0.39, 0.29) is 11.7 Å². The number of hydrogen-bond acceptors (Lipinski definition) is 4. The average molecular weight is 299 g/mol. The molecule has 0 fully saturated rings. The number of ketones is 1. The number of amides is 1. The fourth-order valence-corrected chi connectivity index (χ4v) is 3.63. The maximum absolute atomic E-state index is 12.0. The van der Waals surface area contributed by atoms with E-state index in [1.165, 1.54) is 11.8 Å². The summed E-state index contributed by atoms with van der Waals surface area (Å²) in [5.74, 6) is 1.000. The van der Waals surface area contributed by atoms with Crippen LogP contribution in [0.15, 0.2) is 6.07 Å². The number of hydrogen-bond donors (Lipinski definition) is 0. The highest BCUT2D eigenvalue weighted by Gasteiger charge is 2.14. The zero-order valence-electron chi connectivity index (χ0n) is 12.0. The van der Waals surface area contributed by atoms with Crippen molar-refractivity contribution in [1.82, 2.24) is 4.90 Å². The van der Waals surface area contributed by atoms with E-state index in [4.69, 9.17) is 0 Å². The summed E-state index contributed by atoms with van der Waals surface area (Å²) in [5, 5.41) is 0. The van der Waals surface area contributed by atoms with E-state index in [1.807, 2.05) is 33.8 Å². The highest BCUT2D eigenvalue weighted by Crippen LogP contribution is 2.22. The molecular weight excluding hydrogens is 278 g/mol. The van der Waals surface area contributed by atoms with Gasteiger partial charge in [-0.15, -0.1) is 23.1 Å². The Bertz CT molecular complexity index is 450. The summed E-state index contributed by atoms with van der Waals surface area (Å²) in [7, 11) is 0. The summed E-state index contributed by atoms with van der Waals surface area (Å²) in [6, 6.07) is 1.94. The van der Waals surface area contributed by atoms with E-state index < -0.39 is 0 Å². The zero-order chi connectivity index (χ0) is 14.4. The van der Waals surface area contributed by atoms with Crippen molar-refractivity contribution in [2.24, 2.45) is 0 Å². The van der Waals surface area contributed by atoms with Gasteiger partial charge in [-0.05, 0) is 33.8 Å². The first-order valence-corrected chi connectivity index (χ1v) is 8.42. The van der Waals surface area contributed by atoms with Gasteiger partial charge >= 0.3 is 0 Å². The molecule has 19 heavy (non-hydrogen) atoms. The Hall–Kier alpha value is -0.810. The first-order valence-electron chi connectivity index (χ1n) is 6.45. The van der Waals surface area contributed by atoms with Crippen LogP contribution in [0.25, 0.3) is 0 Å². The molecule has 3 nitrogen and oxygen atoms in total. The lowest BCUT2D eigenvalue weighted by molar-refractivity contribution is -0.127. The SMILES string of the molecule is CCN(CC)C(=O)CSCC(=O)c1cc(C)sc1C. The molecule has 1 amide bonds. The van der Waals surface area contributed by atoms with Gasteiger partial charge in [0.25, 0.3) is 0 Å². The molecule has 0 radical (unpaired) electrons. The van der Waals surface area contributed by atoms with Crippen LogP contribution in [0.4, 0.5) is 0 Å². The monoisotopic (exact) mass is 299 g/mol. The molecule has 0 aromatic carbocycles. The molecule has 1 heterocycles. The van der Waals surface area contributed by atoms with Gasteiger partial charge in [0, 0.05) is 28.4 Å². The molecule has 0 spiro atoms. The summed E-state index contributed by atoms with van der Waals surface area (Å²) in [6.45, 7) is 9.37. The van der Waals surface area contributed by atoms with Crippen molar-refractivity contribution < 1.29 is 9.59 Å². The van der Waals surface area contributed by atoms with Crippen LogP contribution < -0.4 is 0 Å². The number of Topliss-reactive ketones (excluding diaryl/α,β-unsaturated/α-hetero) is 1. The minimum atomic E-state index is 0.112. The van der Waals surface area contributed by atoms with Crippen molar-refractivity contribution in [3.05, 3.63) is 21.4 Å². The molecule has 1 rings (SSSR count). The van der Waals surface area contributed by atoms with Gasteiger partial charge in [0.2, 0.25) is 5.91 Å². The summed E-state index contributed by atoms with van der Waals surface area (Å²) < 4.78 is 0. The van der Waals surface area contributed by atoms with Crippen LogP contribution in [-0.4, -0.2) is 41.2 Å². The van der Waals surface area contributed by atoms with E-state index in [0.717, 1.165) is 28.4 Å². The molecule has 1 aromatic rings. The van der Waals surface area contributed by atoms with Crippen LogP contribution in [0.2, 0.25) is 0 Å². The number of aryl methyl sites for hydroxylation is 2. The third kappa shape index (κ3) is 4.66. The van der Waals surface area contributed by atoms with Crippen LogP contribution in [0.3, 0.4) is 0 Å². The Balaban J connectivity index is 2.43. The second-order valence-corrected chi connectivity index (χ2v) is 6.75. The normalized spacial score (nSPS) is 10.5. The Morgan fingerprint density at radius 1 is 1.21 bits per heavy atom. The van der Waals surface area contributed by atoms with Gasteiger partial charge in [0.1, 0.15) is 0 Å². The highest BCUT2D eigenvalue weighted by atomic mass is 32.2. The number of thiophene rings is 1. The molecule has 0 atom stereocenters. The van der Waals surface area contributed by atoms with Gasteiger partial charge in [-0.25, -0.2) is 0 Å². The molecule has 0 aliphatic carbocycles. The van der Waals surface area contributed by atoms with Crippen molar-refractivity contribution in [3.8, 4) is 0 Å². The fourth-order valence-electron chi connectivity index (χ4n) is 1.88. The molecule has 1 aromatic heterocycles. The van der Waals surface area contributed by atoms with Crippen molar-refractivity contribution in [2.45, 2.75) is 27.7 Å². The van der Waals surface area contributed by atoms with Crippen molar-refractivity contribution in [2.75, 3.05) is 24.6 Å². The van der Waals surface area contributed by atoms with Crippen molar-refractivity contribution in [1.29, 1.82) is 0 Å². The van der Waals surface area contributed by atoms with E-state index in [1.54, 1.807) is 16.2 Å². The van der Waals surface area contributed by atoms with Gasteiger partial charge in [-0.3, -0.25) is 9.59 Å². The number of thioether (sulfide) groups is 1. The van der Waals surface area contributed by atoms with E-state index in [9.17, 15) is 9.59 Å². The zero-order valence-corrected chi connectivity index (χ0v) is 13.6. The molecule has 5 heteroatoms. The predicted octanol–water partition coefficient (Wildman–Crippen LogP) is 3.15. The fraction of sp³-hybridized carbons (Fsp3) is 0.571. The van der Waals surface area contributed by atoms with E-state index in [0.29, 0.717) is 11.5 Å². The van der Waals surface area contributed by atoms with Crippen LogP contribution in [0, 0.1) is 13.8 Å². The van der Waals surface area contributed by atoms with E-state index in [2.05, 4.69) is 0 Å². The van der Waals surface area contributed by atoms with Crippen LogP contribution in [0.5, 0.6) is 0 Å². The van der Waals surface area contributed by atoms with E-state index >= 15 is 0 Å². The summed E-state index contributed by atoms with van der Waals surface area (Å²) in [6.07, 6.45) is 0. The molecule has 0 bridgehead atoms. The van der Waals surface area contributed by atoms with Crippen molar-refractivity contribution >= 4 is 34.8 Å². The molecule has 0 saturated carbocycles.